The van der Waals surface area contributed by atoms with Gasteiger partial charge in [-0.1, -0.05) is 29.8 Å². The van der Waals surface area contributed by atoms with Crippen molar-refractivity contribution in [3.8, 4) is 0 Å². The van der Waals surface area contributed by atoms with Crippen molar-refractivity contribution in [2.45, 2.75) is 16.7 Å². The number of nitrogens with one attached hydrogen (secondary N) is 2. The second-order valence-corrected chi connectivity index (χ2v) is 10.3. The Kier molecular flexibility index (Phi) is 5.05. The molecule has 0 aliphatic carbocycles. The summed E-state index contributed by atoms with van der Waals surface area (Å²) in [5.41, 5.74) is 2.16. The van der Waals surface area contributed by atoms with Crippen LogP contribution in [0, 0.1) is 6.92 Å². The van der Waals surface area contributed by atoms with Crippen molar-refractivity contribution < 1.29 is 16.8 Å². The van der Waals surface area contributed by atoms with Crippen LogP contribution in [0.1, 0.15) is 11.1 Å². The highest BCUT2D eigenvalue weighted by atomic mass is 35.5. The molecule has 7 nitrogen and oxygen atoms in total. The van der Waals surface area contributed by atoms with Crippen molar-refractivity contribution in [1.29, 1.82) is 0 Å². The molecular weight excluding hydrogens is 446 g/mol. The number of anilines is 2. The predicted octanol–water partition coefficient (Wildman–Crippen LogP) is 4.01. The maximum absolute atomic E-state index is 12.6. The van der Waals surface area contributed by atoms with Gasteiger partial charge in [0.2, 0.25) is 0 Å². The summed E-state index contributed by atoms with van der Waals surface area (Å²) >= 11 is 6.05. The summed E-state index contributed by atoms with van der Waals surface area (Å²) in [4.78, 5) is 0.179. The number of benzene rings is 3. The van der Waals surface area contributed by atoms with Gasteiger partial charge in [0.15, 0.2) is 5.84 Å². The van der Waals surface area contributed by atoms with Crippen LogP contribution >= 0.6 is 11.6 Å². The lowest BCUT2D eigenvalue weighted by molar-refractivity contribution is 0.598. The van der Waals surface area contributed by atoms with E-state index in [4.69, 9.17) is 11.6 Å². The van der Waals surface area contributed by atoms with E-state index in [-0.39, 0.29) is 15.6 Å². The van der Waals surface area contributed by atoms with Gasteiger partial charge in [-0.2, -0.15) is 8.42 Å². The number of fused-ring (bicyclic) bond motifs is 1. The molecule has 30 heavy (non-hydrogen) atoms. The SMILES string of the molecule is Cc1ccc(NS(=O)(=O)c2ccc(NC3=NS(=O)(=O)c4ccccc43)cc2)cc1Cl. The van der Waals surface area contributed by atoms with Crippen LogP contribution in [0.25, 0.3) is 0 Å². The van der Waals surface area contributed by atoms with Gasteiger partial charge in [-0.05, 0) is 61.0 Å². The van der Waals surface area contributed by atoms with Crippen LogP contribution in [0.15, 0.2) is 80.9 Å². The number of halogens is 1. The lowest BCUT2D eigenvalue weighted by Crippen LogP contribution is -2.14. The summed E-state index contributed by atoms with van der Waals surface area (Å²) in [7, 11) is -7.56. The zero-order valence-electron chi connectivity index (χ0n) is 15.6. The van der Waals surface area contributed by atoms with Gasteiger partial charge < -0.3 is 5.32 Å². The second kappa shape index (κ2) is 7.42. The number of sulfonamides is 2. The smallest absolute Gasteiger partial charge is 0.285 e. The molecule has 0 spiro atoms. The minimum absolute atomic E-state index is 0.0473. The molecule has 3 aromatic rings. The second-order valence-electron chi connectivity index (χ2n) is 6.63. The number of aryl methyl sites for hydroxylation is 1. The largest absolute Gasteiger partial charge is 0.339 e. The minimum Gasteiger partial charge on any atom is -0.339 e. The molecule has 0 unspecified atom stereocenters. The molecule has 0 bridgehead atoms. The monoisotopic (exact) mass is 461 g/mol. The van der Waals surface area contributed by atoms with E-state index in [0.717, 1.165) is 5.56 Å². The molecule has 4 rings (SSSR count). The first-order valence-corrected chi connectivity index (χ1v) is 12.1. The van der Waals surface area contributed by atoms with E-state index >= 15 is 0 Å². The maximum atomic E-state index is 12.6. The van der Waals surface area contributed by atoms with Crippen LogP contribution < -0.4 is 10.0 Å². The molecule has 0 fully saturated rings. The van der Waals surface area contributed by atoms with Crippen LogP contribution in [0.4, 0.5) is 11.4 Å². The number of hydrogen-bond acceptors (Lipinski definition) is 5. The number of amidine groups is 1. The molecule has 0 saturated heterocycles. The molecule has 0 saturated carbocycles. The van der Waals surface area contributed by atoms with E-state index in [1.165, 1.54) is 30.3 Å². The Balaban J connectivity index is 1.55. The fourth-order valence-corrected chi connectivity index (χ4v) is 5.33. The third kappa shape index (κ3) is 3.91. The van der Waals surface area contributed by atoms with E-state index in [1.54, 1.807) is 36.4 Å². The molecule has 0 radical (unpaired) electrons. The number of nitrogens with zero attached hydrogens (tertiary/aromatic N) is 1. The Morgan fingerprint density at radius 1 is 0.933 bits per heavy atom. The molecule has 3 aromatic carbocycles. The van der Waals surface area contributed by atoms with Gasteiger partial charge in [0, 0.05) is 16.3 Å². The first kappa shape index (κ1) is 20.4. The average molecular weight is 462 g/mol. The summed E-state index contributed by atoms with van der Waals surface area (Å²) in [5.74, 6) is 0.189. The molecule has 0 aromatic heterocycles. The van der Waals surface area contributed by atoms with E-state index in [9.17, 15) is 16.8 Å². The molecule has 2 N–H and O–H groups in total. The van der Waals surface area contributed by atoms with E-state index < -0.39 is 20.0 Å². The minimum atomic E-state index is -3.82. The maximum Gasteiger partial charge on any atom is 0.285 e. The normalized spacial score (nSPS) is 14.7. The van der Waals surface area contributed by atoms with Crippen LogP contribution in [-0.2, 0) is 20.0 Å². The van der Waals surface area contributed by atoms with Crippen molar-refractivity contribution in [3.05, 3.63) is 82.9 Å². The van der Waals surface area contributed by atoms with E-state index in [1.807, 2.05) is 6.92 Å². The summed E-state index contributed by atoms with van der Waals surface area (Å²) in [6, 6.07) is 17.3. The van der Waals surface area contributed by atoms with Gasteiger partial charge in [-0.25, -0.2) is 8.42 Å². The third-order valence-corrected chi connectivity index (χ3v) is 7.62. The number of hydrogen-bond donors (Lipinski definition) is 2. The summed E-state index contributed by atoms with van der Waals surface area (Å²) in [6.45, 7) is 1.82. The Hall–Kier alpha value is -2.88. The van der Waals surface area contributed by atoms with Gasteiger partial charge >= 0.3 is 0 Å². The molecule has 0 amide bonds. The van der Waals surface area contributed by atoms with Gasteiger partial charge in [-0.15, -0.1) is 4.40 Å². The van der Waals surface area contributed by atoms with E-state index in [2.05, 4.69) is 14.4 Å². The van der Waals surface area contributed by atoms with Crippen molar-refractivity contribution in [2.24, 2.45) is 4.40 Å². The van der Waals surface area contributed by atoms with Crippen molar-refractivity contribution in [3.63, 3.8) is 0 Å². The summed E-state index contributed by atoms with van der Waals surface area (Å²) in [6.07, 6.45) is 0. The first-order chi connectivity index (χ1) is 14.2. The summed E-state index contributed by atoms with van der Waals surface area (Å²) in [5, 5.41) is 3.39. The lowest BCUT2D eigenvalue weighted by Gasteiger charge is -2.11. The highest BCUT2D eigenvalue weighted by Crippen LogP contribution is 2.27. The highest BCUT2D eigenvalue weighted by molar-refractivity contribution is 7.92. The predicted molar refractivity (Wildman–Crippen MR) is 117 cm³/mol. The fourth-order valence-electron chi connectivity index (χ4n) is 2.92. The molecule has 154 valence electrons. The number of rotatable bonds is 4. The molecule has 10 heteroatoms. The Labute approximate surface area is 179 Å². The topological polar surface area (TPSA) is 105 Å². The highest BCUT2D eigenvalue weighted by Gasteiger charge is 2.28. The zero-order valence-corrected chi connectivity index (χ0v) is 18.0. The van der Waals surface area contributed by atoms with Crippen molar-refractivity contribution in [2.75, 3.05) is 10.0 Å². The van der Waals surface area contributed by atoms with Crippen molar-refractivity contribution >= 4 is 48.9 Å². The Morgan fingerprint density at radius 3 is 2.30 bits per heavy atom. The Bertz CT molecular complexity index is 1380. The van der Waals surface area contributed by atoms with Gasteiger partial charge in [0.25, 0.3) is 20.0 Å². The molecule has 1 aliphatic rings. The van der Waals surface area contributed by atoms with Crippen molar-refractivity contribution in [1.82, 2.24) is 0 Å². The molecule has 1 heterocycles. The molecular formula is C20H16ClN3O4S2. The van der Waals surface area contributed by atoms with Gasteiger partial charge in [0.05, 0.1) is 10.6 Å². The third-order valence-electron chi connectivity index (χ3n) is 4.48. The van der Waals surface area contributed by atoms with Gasteiger partial charge in [-0.3, -0.25) is 4.72 Å². The summed E-state index contributed by atoms with van der Waals surface area (Å²) < 4.78 is 55.8. The standard InChI is InChI=1S/C20H16ClN3O4S2/c1-13-6-7-15(12-18(13)21)23-29(25,26)16-10-8-14(9-11-16)22-20-17-4-2-3-5-19(17)30(27,28)24-20/h2-12,23H,1H3,(H,22,24). The zero-order chi connectivity index (χ0) is 21.5. The Morgan fingerprint density at radius 2 is 1.60 bits per heavy atom. The fraction of sp³-hybridized carbons (Fsp3) is 0.0500. The average Bonchev–Trinajstić information content (AvgIpc) is 2.95. The van der Waals surface area contributed by atoms with Crippen LogP contribution in [0.2, 0.25) is 5.02 Å². The van der Waals surface area contributed by atoms with Crippen LogP contribution in [0.3, 0.4) is 0 Å². The van der Waals surface area contributed by atoms with Crippen LogP contribution in [0.5, 0.6) is 0 Å². The van der Waals surface area contributed by atoms with E-state index in [0.29, 0.717) is 22.0 Å². The van der Waals surface area contributed by atoms with Gasteiger partial charge in [0.1, 0.15) is 4.90 Å². The molecule has 1 aliphatic heterocycles. The lowest BCUT2D eigenvalue weighted by atomic mass is 10.2. The quantitative estimate of drug-likeness (QED) is 0.610. The first-order valence-electron chi connectivity index (χ1n) is 8.76. The molecule has 0 atom stereocenters. The van der Waals surface area contributed by atoms with Crippen LogP contribution in [-0.4, -0.2) is 22.7 Å².